The molecule has 3 nitrogen and oxygen atoms in total. The van der Waals surface area contributed by atoms with Crippen molar-refractivity contribution in [3.63, 3.8) is 0 Å². The number of aryl methyl sites for hydroxylation is 1. The van der Waals surface area contributed by atoms with Crippen LogP contribution in [0.3, 0.4) is 0 Å². The van der Waals surface area contributed by atoms with Crippen molar-refractivity contribution in [3.8, 4) is 11.8 Å². The summed E-state index contributed by atoms with van der Waals surface area (Å²) in [5.74, 6) is 8.67. The maximum atomic E-state index is 11.5. The van der Waals surface area contributed by atoms with E-state index in [-0.39, 0.29) is 12.1 Å². The third-order valence-electron chi connectivity index (χ3n) is 6.81. The van der Waals surface area contributed by atoms with Crippen LogP contribution < -0.4 is 5.32 Å². The number of nitrogens with zero attached hydrogens (tertiary/aromatic N) is 1. The van der Waals surface area contributed by atoms with Gasteiger partial charge in [-0.1, -0.05) is 101 Å². The lowest BCUT2D eigenvalue weighted by atomic mass is 10.0. The maximum absolute atomic E-state index is 11.5. The number of unbranched alkanes of at least 4 members (excludes halogenated alkanes) is 6. The Balaban J connectivity index is 2.65. The van der Waals surface area contributed by atoms with Gasteiger partial charge in [0.05, 0.1) is 6.04 Å². The molecular weight excluding hydrogens is 464 g/mol. The molecule has 0 amide bonds. The van der Waals surface area contributed by atoms with Gasteiger partial charge in [-0.25, -0.2) is 4.79 Å². The Hall–Kier alpha value is -3.21. The Labute approximate surface area is 233 Å². The molecule has 206 valence electrons. The van der Waals surface area contributed by atoms with E-state index in [1.165, 1.54) is 50.5 Å². The van der Waals surface area contributed by atoms with E-state index in [2.05, 4.69) is 74.4 Å². The van der Waals surface area contributed by atoms with Crippen LogP contribution in [-0.2, 0) is 4.79 Å². The minimum atomic E-state index is -0.190. The largest absolute Gasteiger partial charge is 0.376 e. The third-order valence-corrected chi connectivity index (χ3v) is 6.81. The zero-order valence-electron chi connectivity index (χ0n) is 24.8. The fourth-order valence-corrected chi connectivity index (χ4v) is 4.22. The molecule has 3 heteroatoms. The first kappa shape index (κ1) is 32.8. The van der Waals surface area contributed by atoms with Crippen LogP contribution in [0.25, 0.3) is 5.70 Å². The lowest BCUT2D eigenvalue weighted by Crippen LogP contribution is -2.37. The van der Waals surface area contributed by atoms with E-state index in [4.69, 9.17) is 0 Å². The second-order valence-electron chi connectivity index (χ2n) is 10.3. The zero-order chi connectivity index (χ0) is 28.3. The average Bonchev–Trinajstić information content (AvgIpc) is 2.88. The third kappa shape index (κ3) is 12.4. The first-order chi connectivity index (χ1) is 18.2. The first-order valence-corrected chi connectivity index (χ1v) is 14.3. The predicted molar refractivity (Wildman–Crippen MR) is 166 cm³/mol. The molecule has 0 spiro atoms. The van der Waals surface area contributed by atoms with E-state index in [0.717, 1.165) is 28.8 Å². The van der Waals surface area contributed by atoms with E-state index < -0.39 is 0 Å². The van der Waals surface area contributed by atoms with Crippen LogP contribution in [-0.4, -0.2) is 30.0 Å². The average molecular weight is 515 g/mol. The molecule has 0 aromatic heterocycles. The number of benzene rings is 1. The molecule has 0 aliphatic heterocycles. The molecule has 1 unspecified atom stereocenters. The Morgan fingerprint density at radius 3 is 2.39 bits per heavy atom. The second-order valence-corrected chi connectivity index (χ2v) is 10.3. The molecule has 1 aromatic carbocycles. The summed E-state index contributed by atoms with van der Waals surface area (Å²) in [6, 6.07) is 6.18. The van der Waals surface area contributed by atoms with Crippen molar-refractivity contribution in [1.82, 2.24) is 10.2 Å². The lowest BCUT2D eigenvalue weighted by molar-refractivity contribution is 0.321. The SMILES string of the molecule is C=C/C=C(\C=C/CC#Cc1ccc(C(=C)NC(C)C(=C=O)N(C)C(C)C)cc1C)CCCCCCCCC. The number of hydrogen-bond donors (Lipinski definition) is 1. The van der Waals surface area contributed by atoms with Crippen molar-refractivity contribution in [2.75, 3.05) is 7.05 Å². The Kier molecular flexibility index (Phi) is 16.4. The van der Waals surface area contributed by atoms with Gasteiger partial charge in [-0.15, -0.1) is 0 Å². The fraction of sp³-hybridized carbons (Fsp3) is 0.486. The van der Waals surface area contributed by atoms with Crippen molar-refractivity contribution in [3.05, 3.63) is 83.6 Å². The molecule has 1 N–H and O–H groups in total. The summed E-state index contributed by atoms with van der Waals surface area (Å²) in [4.78, 5) is 13.5. The van der Waals surface area contributed by atoms with Crippen LogP contribution in [0, 0.1) is 18.8 Å². The summed E-state index contributed by atoms with van der Waals surface area (Å²) < 4.78 is 0. The molecule has 0 saturated carbocycles. The number of likely N-dealkylation sites (N-methyl/N-ethyl adjacent to an activating group) is 1. The Bertz CT molecular complexity index is 1060. The number of nitrogens with one attached hydrogen (secondary N) is 1. The molecule has 1 aromatic rings. The summed E-state index contributed by atoms with van der Waals surface area (Å²) >= 11 is 0. The van der Waals surface area contributed by atoms with Gasteiger partial charge in [-0.2, -0.15) is 0 Å². The summed E-state index contributed by atoms with van der Waals surface area (Å²) in [6.45, 7) is 18.4. The molecule has 0 heterocycles. The van der Waals surface area contributed by atoms with Gasteiger partial charge < -0.3 is 10.2 Å². The van der Waals surface area contributed by atoms with Gasteiger partial charge in [0.1, 0.15) is 11.6 Å². The summed E-state index contributed by atoms with van der Waals surface area (Å²) in [5.41, 5.74) is 5.79. The number of rotatable bonds is 17. The number of allylic oxidation sites excluding steroid dienone is 5. The quantitative estimate of drug-likeness (QED) is 0.0978. The lowest BCUT2D eigenvalue weighted by Gasteiger charge is -2.29. The topological polar surface area (TPSA) is 32.3 Å². The van der Waals surface area contributed by atoms with Crippen molar-refractivity contribution in [1.29, 1.82) is 0 Å². The maximum Gasteiger partial charge on any atom is 0.148 e. The highest BCUT2D eigenvalue weighted by molar-refractivity contribution is 5.65. The van der Waals surface area contributed by atoms with E-state index in [1.54, 1.807) is 0 Å². The normalized spacial score (nSPS) is 12.0. The van der Waals surface area contributed by atoms with Crippen LogP contribution >= 0.6 is 0 Å². The first-order valence-electron chi connectivity index (χ1n) is 14.3. The Morgan fingerprint density at radius 2 is 1.79 bits per heavy atom. The highest BCUT2D eigenvalue weighted by Crippen LogP contribution is 2.18. The van der Waals surface area contributed by atoms with E-state index in [0.29, 0.717) is 12.1 Å². The molecule has 0 radical (unpaired) electrons. The van der Waals surface area contributed by atoms with Crippen LogP contribution in [0.2, 0.25) is 0 Å². The minimum Gasteiger partial charge on any atom is -0.376 e. The monoisotopic (exact) mass is 514 g/mol. The molecule has 1 atom stereocenters. The Morgan fingerprint density at radius 1 is 1.11 bits per heavy atom. The van der Waals surface area contributed by atoms with Gasteiger partial charge in [-0.3, -0.25) is 0 Å². The van der Waals surface area contributed by atoms with E-state index in [1.807, 2.05) is 50.9 Å². The van der Waals surface area contributed by atoms with Gasteiger partial charge in [0.25, 0.3) is 0 Å². The van der Waals surface area contributed by atoms with Crippen LogP contribution in [0.4, 0.5) is 0 Å². The summed E-state index contributed by atoms with van der Waals surface area (Å²) in [5, 5.41) is 3.35. The van der Waals surface area contributed by atoms with Crippen molar-refractivity contribution in [2.24, 2.45) is 0 Å². The number of hydrogen-bond acceptors (Lipinski definition) is 3. The molecule has 0 aliphatic carbocycles. The van der Waals surface area contributed by atoms with Crippen LogP contribution in [0.5, 0.6) is 0 Å². The number of carbonyl (C=O) groups excluding carboxylic acids is 1. The molecule has 0 saturated heterocycles. The predicted octanol–water partition coefficient (Wildman–Crippen LogP) is 8.55. The van der Waals surface area contributed by atoms with Gasteiger partial charge in [0.15, 0.2) is 0 Å². The molecule has 0 aliphatic rings. The molecule has 38 heavy (non-hydrogen) atoms. The van der Waals surface area contributed by atoms with Crippen LogP contribution in [0.15, 0.2) is 66.9 Å². The summed E-state index contributed by atoms with van der Waals surface area (Å²) in [6.07, 6.45) is 19.4. The van der Waals surface area contributed by atoms with Crippen molar-refractivity contribution in [2.45, 2.75) is 104 Å². The van der Waals surface area contributed by atoms with Crippen molar-refractivity contribution < 1.29 is 4.79 Å². The zero-order valence-corrected chi connectivity index (χ0v) is 24.8. The standard InChI is InChI=1S/C35H50N2O/c1-9-11-12-13-14-15-17-21-32(20-10-2)22-18-16-19-23-33-24-25-34(26-29(33)5)30(6)36-31(7)35(27-38)37(8)28(3)4/h10,18,20,22,24-26,28,31,36H,2,6,9,11-17,21H2,1,3-5,7-8H3/b22-18-,32-20-. The molecule has 0 fully saturated rings. The minimum absolute atomic E-state index is 0.190. The smallest absolute Gasteiger partial charge is 0.148 e. The van der Waals surface area contributed by atoms with Gasteiger partial charge in [-0.05, 0) is 69.4 Å². The van der Waals surface area contributed by atoms with Crippen molar-refractivity contribution >= 4 is 11.6 Å². The van der Waals surface area contributed by atoms with Crippen LogP contribution in [0.1, 0.15) is 102 Å². The molecular formula is C35H50N2O. The van der Waals surface area contributed by atoms with E-state index in [9.17, 15) is 4.79 Å². The van der Waals surface area contributed by atoms with Gasteiger partial charge in [0, 0.05) is 30.8 Å². The van der Waals surface area contributed by atoms with E-state index >= 15 is 0 Å². The van der Waals surface area contributed by atoms with Gasteiger partial charge in [0.2, 0.25) is 0 Å². The van der Waals surface area contributed by atoms with Gasteiger partial charge >= 0.3 is 0 Å². The highest BCUT2D eigenvalue weighted by Gasteiger charge is 2.17. The second kappa shape index (κ2) is 18.9. The molecule has 1 rings (SSSR count). The molecule has 0 bridgehead atoms. The highest BCUT2D eigenvalue weighted by atomic mass is 16.1. The summed E-state index contributed by atoms with van der Waals surface area (Å²) in [7, 11) is 1.91. The fourth-order valence-electron chi connectivity index (χ4n) is 4.22.